The zero-order valence-electron chi connectivity index (χ0n) is 13.8. The Labute approximate surface area is 139 Å². The van der Waals surface area contributed by atoms with Gasteiger partial charge in [-0.1, -0.05) is 17.7 Å². The maximum Gasteiger partial charge on any atom is 0.227 e. The van der Waals surface area contributed by atoms with Crippen molar-refractivity contribution >= 4 is 28.3 Å². The van der Waals surface area contributed by atoms with Crippen LogP contribution in [0.1, 0.15) is 16.8 Å². The van der Waals surface area contributed by atoms with E-state index in [4.69, 9.17) is 0 Å². The van der Waals surface area contributed by atoms with Crippen molar-refractivity contribution in [1.29, 1.82) is 0 Å². The van der Waals surface area contributed by atoms with Crippen LogP contribution in [0.2, 0.25) is 0 Å². The van der Waals surface area contributed by atoms with Gasteiger partial charge in [-0.05, 0) is 32.4 Å². The Bertz CT molecular complexity index is 737. The van der Waals surface area contributed by atoms with Gasteiger partial charge in [0.25, 0.3) is 0 Å². The third kappa shape index (κ3) is 3.88. The van der Waals surface area contributed by atoms with Gasteiger partial charge in [0.05, 0.1) is 0 Å². The molecule has 0 bridgehead atoms. The van der Waals surface area contributed by atoms with Gasteiger partial charge >= 0.3 is 0 Å². The Kier molecular flexibility index (Phi) is 4.61. The number of rotatable bonds is 3. The molecule has 5 nitrogen and oxygen atoms in total. The lowest BCUT2D eigenvalue weighted by Crippen LogP contribution is -2.38. The summed E-state index contributed by atoms with van der Waals surface area (Å²) < 4.78 is 11.5. The minimum atomic E-state index is -0.695. The smallest absolute Gasteiger partial charge is 0.227 e. The second kappa shape index (κ2) is 6.66. The van der Waals surface area contributed by atoms with E-state index in [1.54, 1.807) is 0 Å². The fraction of sp³-hybridized carbons (Fsp3) is 0.412. The third-order valence-corrected chi connectivity index (χ3v) is 5.22. The molecule has 1 fully saturated rings. The van der Waals surface area contributed by atoms with E-state index in [1.807, 2.05) is 13.0 Å². The van der Waals surface area contributed by atoms with Gasteiger partial charge in [-0.2, -0.15) is 4.98 Å². The molecule has 122 valence electrons. The van der Waals surface area contributed by atoms with Crippen molar-refractivity contribution in [3.05, 3.63) is 41.1 Å². The molecule has 0 saturated carbocycles. The van der Waals surface area contributed by atoms with Gasteiger partial charge in [0.2, 0.25) is 5.95 Å². The molecule has 23 heavy (non-hydrogen) atoms. The molecule has 1 aromatic heterocycles. The van der Waals surface area contributed by atoms with Crippen LogP contribution in [0, 0.1) is 20.8 Å². The van der Waals surface area contributed by atoms with Crippen LogP contribution in [0.25, 0.3) is 0 Å². The van der Waals surface area contributed by atoms with E-state index in [-0.39, 0.29) is 0 Å². The first-order chi connectivity index (χ1) is 11.0. The Morgan fingerprint density at radius 2 is 1.83 bits per heavy atom. The average Bonchev–Trinajstić information content (AvgIpc) is 2.50. The third-order valence-electron chi connectivity index (χ3n) is 3.95. The van der Waals surface area contributed by atoms with Crippen LogP contribution in [0.15, 0.2) is 24.3 Å². The predicted molar refractivity (Wildman–Crippen MR) is 96.1 cm³/mol. The van der Waals surface area contributed by atoms with E-state index in [0.29, 0.717) is 17.5 Å². The molecule has 1 aromatic carbocycles. The molecule has 0 spiro atoms. The van der Waals surface area contributed by atoms with Crippen LogP contribution in [0.5, 0.6) is 0 Å². The summed E-state index contributed by atoms with van der Waals surface area (Å²) in [6, 6.07) is 8.26. The molecule has 0 aliphatic carbocycles. The van der Waals surface area contributed by atoms with Gasteiger partial charge < -0.3 is 10.2 Å². The standard InChI is InChI=1S/C17H22N4OS/c1-12-4-5-15(13(2)10-12)19-16-11-14(3)18-17(20-16)21-6-8-23(22)9-7-21/h4-5,10-11H,6-9H2,1-3H3,(H,18,19,20). The number of aryl methyl sites for hydroxylation is 3. The van der Waals surface area contributed by atoms with Crippen molar-refractivity contribution in [3.63, 3.8) is 0 Å². The van der Waals surface area contributed by atoms with Gasteiger partial charge in [0, 0.05) is 52.8 Å². The van der Waals surface area contributed by atoms with E-state index >= 15 is 0 Å². The molecule has 0 atom stereocenters. The lowest BCUT2D eigenvalue weighted by Gasteiger charge is -2.26. The fourth-order valence-electron chi connectivity index (χ4n) is 2.69. The summed E-state index contributed by atoms with van der Waals surface area (Å²) in [6.07, 6.45) is 0. The van der Waals surface area contributed by atoms with E-state index in [9.17, 15) is 4.21 Å². The quantitative estimate of drug-likeness (QED) is 0.938. The lowest BCUT2D eigenvalue weighted by molar-refractivity contribution is 0.671. The summed E-state index contributed by atoms with van der Waals surface area (Å²) in [5.74, 6) is 2.90. The van der Waals surface area contributed by atoms with Gasteiger partial charge in [0.1, 0.15) is 5.82 Å². The molecule has 2 aromatic rings. The van der Waals surface area contributed by atoms with Crippen LogP contribution in [-0.4, -0.2) is 38.8 Å². The van der Waals surface area contributed by atoms with Crippen molar-refractivity contribution < 1.29 is 4.21 Å². The SMILES string of the molecule is Cc1ccc(Nc2cc(C)nc(N3CCS(=O)CC3)n2)c(C)c1. The van der Waals surface area contributed by atoms with Crippen LogP contribution in [0.4, 0.5) is 17.5 Å². The molecule has 3 rings (SSSR count). The van der Waals surface area contributed by atoms with E-state index in [1.165, 1.54) is 11.1 Å². The van der Waals surface area contributed by atoms with Gasteiger partial charge in [0.15, 0.2) is 0 Å². The topological polar surface area (TPSA) is 58.1 Å². The fourth-order valence-corrected chi connectivity index (χ4v) is 3.74. The first kappa shape index (κ1) is 15.9. The maximum absolute atomic E-state index is 11.5. The lowest BCUT2D eigenvalue weighted by atomic mass is 10.1. The van der Waals surface area contributed by atoms with Gasteiger partial charge in [-0.15, -0.1) is 0 Å². The Hall–Kier alpha value is -1.95. The summed E-state index contributed by atoms with van der Waals surface area (Å²) >= 11 is 0. The van der Waals surface area contributed by atoms with Crippen molar-refractivity contribution in [3.8, 4) is 0 Å². The molecule has 1 aliphatic heterocycles. The number of hydrogen-bond acceptors (Lipinski definition) is 5. The average molecular weight is 330 g/mol. The minimum absolute atomic E-state index is 0.692. The maximum atomic E-state index is 11.5. The molecule has 0 radical (unpaired) electrons. The Morgan fingerprint density at radius 3 is 2.52 bits per heavy atom. The van der Waals surface area contributed by atoms with Gasteiger partial charge in [-0.25, -0.2) is 4.98 Å². The second-order valence-electron chi connectivity index (χ2n) is 5.97. The molecular formula is C17H22N4OS. The zero-order valence-corrected chi connectivity index (χ0v) is 14.6. The second-order valence-corrected chi connectivity index (χ2v) is 7.67. The molecule has 2 heterocycles. The summed E-state index contributed by atoms with van der Waals surface area (Å²) in [5.41, 5.74) is 4.42. The molecule has 1 saturated heterocycles. The van der Waals surface area contributed by atoms with Crippen LogP contribution < -0.4 is 10.2 Å². The summed E-state index contributed by atoms with van der Waals surface area (Å²) in [4.78, 5) is 11.3. The minimum Gasteiger partial charge on any atom is -0.340 e. The largest absolute Gasteiger partial charge is 0.340 e. The molecule has 1 aliphatic rings. The first-order valence-electron chi connectivity index (χ1n) is 7.81. The van der Waals surface area contributed by atoms with E-state index in [2.05, 4.69) is 52.2 Å². The van der Waals surface area contributed by atoms with Crippen LogP contribution in [-0.2, 0) is 10.8 Å². The van der Waals surface area contributed by atoms with Crippen LogP contribution in [0.3, 0.4) is 0 Å². The number of anilines is 3. The highest BCUT2D eigenvalue weighted by molar-refractivity contribution is 7.85. The number of nitrogens with zero attached hydrogens (tertiary/aromatic N) is 3. The monoisotopic (exact) mass is 330 g/mol. The van der Waals surface area contributed by atoms with Crippen molar-refractivity contribution in [2.75, 3.05) is 34.8 Å². The molecule has 0 unspecified atom stereocenters. The summed E-state index contributed by atoms with van der Waals surface area (Å²) in [6.45, 7) is 7.65. The van der Waals surface area contributed by atoms with Crippen molar-refractivity contribution in [1.82, 2.24) is 9.97 Å². The Balaban J connectivity index is 1.84. The number of benzene rings is 1. The molecule has 1 N–H and O–H groups in total. The molecule has 6 heteroatoms. The highest BCUT2D eigenvalue weighted by Gasteiger charge is 2.18. The van der Waals surface area contributed by atoms with E-state index < -0.39 is 10.8 Å². The Morgan fingerprint density at radius 1 is 1.09 bits per heavy atom. The van der Waals surface area contributed by atoms with E-state index in [0.717, 1.165) is 30.3 Å². The number of nitrogens with one attached hydrogen (secondary N) is 1. The summed E-state index contributed by atoms with van der Waals surface area (Å²) in [5, 5.41) is 3.39. The predicted octanol–water partition coefficient (Wildman–Crippen LogP) is 2.71. The van der Waals surface area contributed by atoms with Crippen LogP contribution >= 0.6 is 0 Å². The molecular weight excluding hydrogens is 308 g/mol. The zero-order chi connectivity index (χ0) is 16.4. The van der Waals surface area contributed by atoms with Crippen molar-refractivity contribution in [2.45, 2.75) is 20.8 Å². The number of aromatic nitrogens is 2. The normalized spacial score (nSPS) is 15.7. The first-order valence-corrected chi connectivity index (χ1v) is 9.30. The molecule has 0 amide bonds. The highest BCUT2D eigenvalue weighted by atomic mass is 32.2. The summed E-state index contributed by atoms with van der Waals surface area (Å²) in [7, 11) is -0.695. The van der Waals surface area contributed by atoms with Crippen molar-refractivity contribution in [2.24, 2.45) is 0 Å². The highest BCUT2D eigenvalue weighted by Crippen LogP contribution is 2.22. The van der Waals surface area contributed by atoms with Gasteiger partial charge in [-0.3, -0.25) is 4.21 Å². The number of hydrogen-bond donors (Lipinski definition) is 1.